The van der Waals surface area contributed by atoms with E-state index in [0.717, 1.165) is 32.3 Å². The van der Waals surface area contributed by atoms with Crippen molar-refractivity contribution < 1.29 is 9.53 Å². The zero-order chi connectivity index (χ0) is 7.68. The number of Topliss-reactive ketones (excluding diaryl/α,β-unsaturated/α-hetero) is 1. The first kappa shape index (κ1) is 7.29. The van der Waals surface area contributed by atoms with Crippen molar-refractivity contribution in [2.75, 3.05) is 13.2 Å². The highest BCUT2D eigenvalue weighted by atomic mass is 16.5. The van der Waals surface area contributed by atoms with Crippen LogP contribution in [0.2, 0.25) is 0 Å². The van der Waals surface area contributed by atoms with E-state index in [4.69, 9.17) is 4.74 Å². The van der Waals surface area contributed by atoms with Crippen LogP contribution in [0.1, 0.15) is 25.7 Å². The van der Waals surface area contributed by atoms with Gasteiger partial charge in [0.2, 0.25) is 0 Å². The van der Waals surface area contributed by atoms with Gasteiger partial charge in [-0.1, -0.05) is 0 Å². The molecule has 1 heterocycles. The van der Waals surface area contributed by atoms with Gasteiger partial charge in [-0.3, -0.25) is 4.79 Å². The Bertz CT molecular complexity index is 155. The average Bonchev–Trinajstić information content (AvgIpc) is 2.87. The summed E-state index contributed by atoms with van der Waals surface area (Å²) in [5.41, 5.74) is 0. The number of carbonyl (C=O) groups is 1. The lowest BCUT2D eigenvalue weighted by Gasteiger charge is -2.20. The molecular weight excluding hydrogens is 140 g/mol. The van der Waals surface area contributed by atoms with Gasteiger partial charge in [0.1, 0.15) is 5.78 Å². The molecule has 1 aliphatic carbocycles. The summed E-state index contributed by atoms with van der Waals surface area (Å²) < 4.78 is 5.26. The van der Waals surface area contributed by atoms with E-state index in [2.05, 4.69) is 0 Å². The topological polar surface area (TPSA) is 26.3 Å². The molecule has 0 aromatic carbocycles. The van der Waals surface area contributed by atoms with E-state index < -0.39 is 0 Å². The second-order valence-corrected chi connectivity index (χ2v) is 3.59. The van der Waals surface area contributed by atoms with Crippen molar-refractivity contribution in [3.05, 3.63) is 0 Å². The summed E-state index contributed by atoms with van der Waals surface area (Å²) in [6.45, 7) is 1.55. The van der Waals surface area contributed by atoms with Gasteiger partial charge in [0.05, 0.1) is 6.61 Å². The fourth-order valence-electron chi connectivity index (χ4n) is 1.67. The Morgan fingerprint density at radius 3 is 2.55 bits per heavy atom. The molecule has 0 aromatic heterocycles. The van der Waals surface area contributed by atoms with Crippen molar-refractivity contribution in [1.29, 1.82) is 0 Å². The molecule has 2 rings (SSSR count). The second-order valence-electron chi connectivity index (χ2n) is 3.59. The third kappa shape index (κ3) is 1.62. The Morgan fingerprint density at radius 2 is 2.00 bits per heavy atom. The minimum Gasteiger partial charge on any atom is -0.381 e. The normalized spacial score (nSPS) is 31.8. The van der Waals surface area contributed by atoms with Crippen LogP contribution in [0.4, 0.5) is 0 Å². The van der Waals surface area contributed by atoms with Crippen LogP contribution in [0.15, 0.2) is 0 Å². The summed E-state index contributed by atoms with van der Waals surface area (Å²) in [6.07, 6.45) is 4.41. The van der Waals surface area contributed by atoms with Gasteiger partial charge in [-0.2, -0.15) is 0 Å². The lowest BCUT2D eigenvalue weighted by molar-refractivity contribution is -0.128. The van der Waals surface area contributed by atoms with E-state index >= 15 is 0 Å². The highest BCUT2D eigenvalue weighted by Gasteiger charge is 2.35. The molecule has 0 N–H and O–H groups in total. The van der Waals surface area contributed by atoms with Crippen LogP contribution in [0, 0.1) is 11.8 Å². The first-order valence-corrected chi connectivity index (χ1v) is 4.49. The number of ketones is 1. The van der Waals surface area contributed by atoms with Gasteiger partial charge in [0.25, 0.3) is 0 Å². The van der Waals surface area contributed by atoms with Gasteiger partial charge in [-0.15, -0.1) is 0 Å². The first-order chi connectivity index (χ1) is 5.38. The van der Waals surface area contributed by atoms with E-state index in [-0.39, 0.29) is 5.92 Å². The smallest absolute Gasteiger partial charge is 0.141 e. The molecule has 0 radical (unpaired) electrons. The van der Waals surface area contributed by atoms with E-state index in [1.807, 2.05) is 0 Å². The summed E-state index contributed by atoms with van der Waals surface area (Å²) in [4.78, 5) is 11.5. The van der Waals surface area contributed by atoms with Gasteiger partial charge < -0.3 is 4.74 Å². The van der Waals surface area contributed by atoms with Crippen molar-refractivity contribution >= 4 is 5.78 Å². The van der Waals surface area contributed by atoms with E-state index in [1.54, 1.807) is 0 Å². The molecule has 2 aliphatic rings. The Labute approximate surface area is 66.9 Å². The van der Waals surface area contributed by atoms with E-state index in [1.165, 1.54) is 0 Å². The van der Waals surface area contributed by atoms with Crippen LogP contribution in [0.25, 0.3) is 0 Å². The van der Waals surface area contributed by atoms with Crippen molar-refractivity contribution in [3.8, 4) is 0 Å². The molecule has 0 spiro atoms. The maximum absolute atomic E-state index is 11.5. The average molecular weight is 154 g/mol. The minimum absolute atomic E-state index is 0.247. The fourth-order valence-corrected chi connectivity index (χ4v) is 1.67. The van der Waals surface area contributed by atoms with Crippen LogP contribution in [0.5, 0.6) is 0 Å². The Kier molecular flexibility index (Phi) is 1.95. The molecule has 1 aliphatic heterocycles. The maximum atomic E-state index is 11.5. The Balaban J connectivity index is 1.86. The number of ether oxygens (including phenoxy) is 1. The van der Waals surface area contributed by atoms with Crippen molar-refractivity contribution in [2.24, 2.45) is 11.8 Å². The quantitative estimate of drug-likeness (QED) is 0.600. The molecule has 1 saturated heterocycles. The fraction of sp³-hybridized carbons (Fsp3) is 0.889. The SMILES string of the molecule is O=C(C1CC1)[C@H]1CCCOC1. The summed E-state index contributed by atoms with van der Waals surface area (Å²) in [5, 5.41) is 0. The van der Waals surface area contributed by atoms with Crippen molar-refractivity contribution in [1.82, 2.24) is 0 Å². The Hall–Kier alpha value is -0.370. The largest absolute Gasteiger partial charge is 0.381 e. The number of hydrogen-bond acceptors (Lipinski definition) is 2. The highest BCUT2D eigenvalue weighted by molar-refractivity contribution is 5.85. The van der Waals surface area contributed by atoms with Gasteiger partial charge in [-0.05, 0) is 25.7 Å². The lowest BCUT2D eigenvalue weighted by atomic mass is 9.95. The van der Waals surface area contributed by atoms with Gasteiger partial charge in [0, 0.05) is 18.4 Å². The molecule has 62 valence electrons. The molecule has 0 amide bonds. The summed E-state index contributed by atoms with van der Waals surface area (Å²) in [7, 11) is 0. The van der Waals surface area contributed by atoms with E-state index in [0.29, 0.717) is 18.3 Å². The maximum Gasteiger partial charge on any atom is 0.141 e. The highest BCUT2D eigenvalue weighted by Crippen LogP contribution is 2.34. The summed E-state index contributed by atoms with van der Waals surface area (Å²) in [6, 6.07) is 0. The molecule has 2 heteroatoms. The molecule has 1 saturated carbocycles. The number of rotatable bonds is 2. The molecule has 1 atom stereocenters. The predicted octanol–water partition coefficient (Wildman–Crippen LogP) is 1.39. The number of hydrogen-bond donors (Lipinski definition) is 0. The first-order valence-electron chi connectivity index (χ1n) is 4.49. The lowest BCUT2D eigenvalue weighted by Crippen LogP contribution is -2.26. The predicted molar refractivity (Wildman–Crippen MR) is 41.3 cm³/mol. The third-order valence-electron chi connectivity index (χ3n) is 2.54. The molecular formula is C9H14O2. The summed E-state index contributed by atoms with van der Waals surface area (Å²) in [5.74, 6) is 1.14. The van der Waals surface area contributed by atoms with Gasteiger partial charge in [-0.25, -0.2) is 0 Å². The second kappa shape index (κ2) is 2.94. The molecule has 2 nitrogen and oxygen atoms in total. The minimum atomic E-state index is 0.247. The number of carbonyl (C=O) groups excluding carboxylic acids is 1. The zero-order valence-corrected chi connectivity index (χ0v) is 6.71. The monoisotopic (exact) mass is 154 g/mol. The molecule has 11 heavy (non-hydrogen) atoms. The molecule has 0 aromatic rings. The van der Waals surface area contributed by atoms with Gasteiger partial charge >= 0.3 is 0 Å². The van der Waals surface area contributed by atoms with Crippen molar-refractivity contribution in [3.63, 3.8) is 0 Å². The van der Waals surface area contributed by atoms with Crippen LogP contribution in [-0.2, 0) is 9.53 Å². The van der Waals surface area contributed by atoms with Gasteiger partial charge in [0.15, 0.2) is 0 Å². The third-order valence-corrected chi connectivity index (χ3v) is 2.54. The standard InChI is InChI=1S/C9H14O2/c10-9(7-3-4-7)8-2-1-5-11-6-8/h7-8H,1-6H2/t8-/m0/s1. The molecule has 2 fully saturated rings. The van der Waals surface area contributed by atoms with E-state index in [9.17, 15) is 4.79 Å². The van der Waals surface area contributed by atoms with Crippen LogP contribution in [0.3, 0.4) is 0 Å². The van der Waals surface area contributed by atoms with Crippen LogP contribution >= 0.6 is 0 Å². The Morgan fingerprint density at radius 1 is 1.18 bits per heavy atom. The zero-order valence-electron chi connectivity index (χ0n) is 6.71. The van der Waals surface area contributed by atoms with Crippen LogP contribution < -0.4 is 0 Å². The molecule has 0 unspecified atom stereocenters. The molecule has 0 bridgehead atoms. The van der Waals surface area contributed by atoms with Crippen molar-refractivity contribution in [2.45, 2.75) is 25.7 Å². The summed E-state index contributed by atoms with van der Waals surface area (Å²) >= 11 is 0. The van der Waals surface area contributed by atoms with Crippen LogP contribution in [-0.4, -0.2) is 19.0 Å².